The normalized spacial score (nSPS) is 10.9. The van der Waals surface area contributed by atoms with Gasteiger partial charge in [-0.2, -0.15) is 0 Å². The zero-order chi connectivity index (χ0) is 12.4. The first-order valence-electron chi connectivity index (χ1n) is 5.97. The summed E-state index contributed by atoms with van der Waals surface area (Å²) in [5, 5.41) is 0. The van der Waals surface area contributed by atoms with E-state index in [0.29, 0.717) is 5.58 Å². The number of oxazole rings is 1. The number of hydrogen-bond donors (Lipinski definition) is 1. The molecule has 0 atom stereocenters. The van der Waals surface area contributed by atoms with Gasteiger partial charge >= 0.3 is 5.76 Å². The number of benzene rings is 2. The van der Waals surface area contributed by atoms with Crippen LogP contribution in [0.5, 0.6) is 0 Å². The van der Waals surface area contributed by atoms with Gasteiger partial charge in [-0.1, -0.05) is 36.4 Å². The van der Waals surface area contributed by atoms with Crippen molar-refractivity contribution in [3.8, 4) is 0 Å². The number of hydrogen-bond acceptors (Lipinski definition) is 2. The van der Waals surface area contributed by atoms with Crippen LogP contribution in [0.2, 0.25) is 0 Å². The molecule has 3 heteroatoms. The molecule has 3 rings (SSSR count). The number of aromatic nitrogens is 1. The van der Waals surface area contributed by atoms with E-state index in [1.807, 2.05) is 36.4 Å². The Labute approximate surface area is 104 Å². The van der Waals surface area contributed by atoms with Crippen molar-refractivity contribution in [1.29, 1.82) is 0 Å². The minimum absolute atomic E-state index is 0.398. The summed E-state index contributed by atoms with van der Waals surface area (Å²) in [4.78, 5) is 13.7. The lowest BCUT2D eigenvalue weighted by Gasteiger charge is -2.01. The number of rotatable bonds is 3. The molecule has 0 aliphatic rings. The van der Waals surface area contributed by atoms with Gasteiger partial charge in [0.2, 0.25) is 0 Å². The second-order valence-electron chi connectivity index (χ2n) is 4.33. The zero-order valence-electron chi connectivity index (χ0n) is 9.85. The average Bonchev–Trinajstić information content (AvgIpc) is 2.77. The van der Waals surface area contributed by atoms with Crippen LogP contribution in [0.25, 0.3) is 11.1 Å². The molecular formula is C15H13NO2. The van der Waals surface area contributed by atoms with Crippen LogP contribution in [0.1, 0.15) is 11.1 Å². The van der Waals surface area contributed by atoms with Gasteiger partial charge in [-0.3, -0.25) is 4.98 Å². The Morgan fingerprint density at radius 2 is 1.72 bits per heavy atom. The van der Waals surface area contributed by atoms with Crippen molar-refractivity contribution >= 4 is 11.1 Å². The molecule has 3 nitrogen and oxygen atoms in total. The lowest BCUT2D eigenvalue weighted by Crippen LogP contribution is -1.92. The molecule has 0 saturated heterocycles. The second kappa shape index (κ2) is 4.53. The molecule has 1 N–H and O–H groups in total. The second-order valence-corrected chi connectivity index (χ2v) is 4.33. The van der Waals surface area contributed by atoms with Gasteiger partial charge in [-0.15, -0.1) is 0 Å². The van der Waals surface area contributed by atoms with E-state index in [0.717, 1.165) is 18.4 Å². The maximum atomic E-state index is 11.1. The third kappa shape index (κ3) is 2.20. The predicted octanol–water partition coefficient (Wildman–Crippen LogP) is 2.91. The molecule has 1 aromatic heterocycles. The highest BCUT2D eigenvalue weighted by Gasteiger charge is 2.02. The highest BCUT2D eigenvalue weighted by Crippen LogP contribution is 2.14. The zero-order valence-corrected chi connectivity index (χ0v) is 9.85. The van der Waals surface area contributed by atoms with Crippen LogP contribution in [-0.2, 0) is 12.8 Å². The smallest absolute Gasteiger partial charge is 0.408 e. The van der Waals surface area contributed by atoms with Crippen LogP contribution in [-0.4, -0.2) is 4.98 Å². The first-order valence-corrected chi connectivity index (χ1v) is 5.97. The Balaban J connectivity index is 1.80. The van der Waals surface area contributed by atoms with E-state index in [2.05, 4.69) is 17.1 Å². The number of aryl methyl sites for hydroxylation is 2. The van der Waals surface area contributed by atoms with E-state index in [4.69, 9.17) is 4.42 Å². The fourth-order valence-electron chi connectivity index (χ4n) is 2.08. The van der Waals surface area contributed by atoms with E-state index in [-0.39, 0.29) is 0 Å². The summed E-state index contributed by atoms with van der Waals surface area (Å²) in [6.45, 7) is 0. The van der Waals surface area contributed by atoms with E-state index >= 15 is 0 Å². The first-order chi connectivity index (χ1) is 8.81. The van der Waals surface area contributed by atoms with Crippen molar-refractivity contribution in [3.05, 3.63) is 70.2 Å². The van der Waals surface area contributed by atoms with Crippen LogP contribution in [0.3, 0.4) is 0 Å². The van der Waals surface area contributed by atoms with Crippen LogP contribution < -0.4 is 5.76 Å². The first kappa shape index (κ1) is 10.8. The lowest BCUT2D eigenvalue weighted by molar-refractivity contribution is 0.555. The van der Waals surface area contributed by atoms with Crippen LogP contribution >= 0.6 is 0 Å². The summed E-state index contributed by atoms with van der Waals surface area (Å²) in [6.07, 6.45) is 1.93. The van der Waals surface area contributed by atoms with Crippen LogP contribution in [0.15, 0.2) is 57.7 Å². The Bertz CT molecular complexity index is 710. The van der Waals surface area contributed by atoms with Gasteiger partial charge in [0, 0.05) is 0 Å². The molecule has 0 fully saturated rings. The van der Waals surface area contributed by atoms with E-state index in [1.165, 1.54) is 11.1 Å². The average molecular weight is 239 g/mol. The Kier molecular flexibility index (Phi) is 2.73. The Hall–Kier alpha value is -2.29. The molecule has 0 saturated carbocycles. The van der Waals surface area contributed by atoms with Gasteiger partial charge in [0.25, 0.3) is 0 Å². The summed E-state index contributed by atoms with van der Waals surface area (Å²) in [5.74, 6) is -0.398. The van der Waals surface area contributed by atoms with Crippen molar-refractivity contribution in [2.75, 3.05) is 0 Å². The predicted molar refractivity (Wildman–Crippen MR) is 70.7 cm³/mol. The van der Waals surface area contributed by atoms with E-state index < -0.39 is 5.76 Å². The molecule has 90 valence electrons. The lowest BCUT2D eigenvalue weighted by atomic mass is 10.0. The SMILES string of the molecule is O=c1[nH]c2ccc(CCc3ccccc3)cc2o1. The van der Waals surface area contributed by atoms with Crippen LogP contribution in [0.4, 0.5) is 0 Å². The molecule has 18 heavy (non-hydrogen) atoms. The quantitative estimate of drug-likeness (QED) is 0.763. The molecule has 0 spiro atoms. The third-order valence-corrected chi connectivity index (χ3v) is 3.03. The van der Waals surface area contributed by atoms with Gasteiger partial charge in [0.05, 0.1) is 5.52 Å². The molecule has 2 aromatic carbocycles. The van der Waals surface area contributed by atoms with Gasteiger partial charge in [0.15, 0.2) is 5.58 Å². The van der Waals surface area contributed by atoms with Crippen molar-refractivity contribution in [2.24, 2.45) is 0 Å². The Morgan fingerprint density at radius 1 is 0.944 bits per heavy atom. The summed E-state index contributed by atoms with van der Waals surface area (Å²) < 4.78 is 5.05. The summed E-state index contributed by atoms with van der Waals surface area (Å²) >= 11 is 0. The van der Waals surface area contributed by atoms with Gasteiger partial charge in [0.1, 0.15) is 0 Å². The summed E-state index contributed by atoms with van der Waals surface area (Å²) in [7, 11) is 0. The fraction of sp³-hybridized carbons (Fsp3) is 0.133. The maximum Gasteiger partial charge on any atom is 0.417 e. The molecule has 0 aliphatic carbocycles. The molecule has 0 bridgehead atoms. The molecule has 3 aromatic rings. The van der Waals surface area contributed by atoms with Crippen LogP contribution in [0, 0.1) is 0 Å². The van der Waals surface area contributed by atoms with Crippen molar-refractivity contribution in [3.63, 3.8) is 0 Å². The minimum Gasteiger partial charge on any atom is -0.408 e. The van der Waals surface area contributed by atoms with Gasteiger partial charge < -0.3 is 4.42 Å². The molecular weight excluding hydrogens is 226 g/mol. The standard InChI is InChI=1S/C15H13NO2/c17-15-16-13-9-8-12(10-14(13)18-15)7-6-11-4-2-1-3-5-11/h1-5,8-10H,6-7H2,(H,16,17). The third-order valence-electron chi connectivity index (χ3n) is 3.03. The fourth-order valence-corrected chi connectivity index (χ4v) is 2.08. The van der Waals surface area contributed by atoms with E-state index in [1.54, 1.807) is 0 Å². The summed E-state index contributed by atoms with van der Waals surface area (Å²) in [5.41, 5.74) is 3.87. The topological polar surface area (TPSA) is 46.0 Å². The summed E-state index contributed by atoms with van der Waals surface area (Å²) in [6, 6.07) is 16.2. The van der Waals surface area contributed by atoms with Gasteiger partial charge in [-0.25, -0.2) is 4.79 Å². The molecule has 1 heterocycles. The molecule has 0 aliphatic heterocycles. The molecule has 0 unspecified atom stereocenters. The Morgan fingerprint density at radius 3 is 2.56 bits per heavy atom. The number of fused-ring (bicyclic) bond motifs is 1. The molecule has 0 radical (unpaired) electrons. The molecule has 0 amide bonds. The monoisotopic (exact) mass is 239 g/mol. The van der Waals surface area contributed by atoms with Crippen molar-refractivity contribution < 1.29 is 4.42 Å². The van der Waals surface area contributed by atoms with Crippen molar-refractivity contribution in [1.82, 2.24) is 4.98 Å². The van der Waals surface area contributed by atoms with E-state index in [9.17, 15) is 4.79 Å². The largest absolute Gasteiger partial charge is 0.417 e. The number of nitrogens with one attached hydrogen (secondary N) is 1. The minimum atomic E-state index is -0.398. The van der Waals surface area contributed by atoms with Crippen molar-refractivity contribution in [2.45, 2.75) is 12.8 Å². The highest BCUT2D eigenvalue weighted by atomic mass is 16.4. The van der Waals surface area contributed by atoms with Gasteiger partial charge in [-0.05, 0) is 36.1 Å². The number of aromatic amines is 1. The maximum absolute atomic E-state index is 11.1. The highest BCUT2D eigenvalue weighted by molar-refractivity contribution is 5.72. The number of H-pyrrole nitrogens is 1.